The lowest BCUT2D eigenvalue weighted by Crippen LogP contribution is -2.34. The van der Waals surface area contributed by atoms with Gasteiger partial charge >= 0.3 is 0 Å². The van der Waals surface area contributed by atoms with E-state index in [4.69, 9.17) is 5.73 Å². The third-order valence-electron chi connectivity index (χ3n) is 4.13. The molecule has 0 aromatic heterocycles. The van der Waals surface area contributed by atoms with Crippen LogP contribution in [-0.2, 0) is 10.0 Å². The maximum atomic E-state index is 12.6. The first-order chi connectivity index (χ1) is 10.9. The van der Waals surface area contributed by atoms with Crippen molar-refractivity contribution in [3.05, 3.63) is 29.8 Å². The second kappa shape index (κ2) is 7.31. The third kappa shape index (κ3) is 4.45. The standard InChI is InChI=1S/C16H25N3O3S/c1-3-8-23(21,22)18-15-6-4-14(5-7-15)16(20)19-11-13(10-17)9-12(19)2/h4-7,12-13,18H,3,8-11,17H2,1-2H3. The van der Waals surface area contributed by atoms with E-state index < -0.39 is 10.0 Å². The van der Waals surface area contributed by atoms with E-state index in [0.29, 0.717) is 36.7 Å². The van der Waals surface area contributed by atoms with Crippen LogP contribution in [0.3, 0.4) is 0 Å². The summed E-state index contributed by atoms with van der Waals surface area (Å²) < 4.78 is 26.0. The number of amides is 1. The predicted octanol–water partition coefficient (Wildman–Crippen LogP) is 1.65. The van der Waals surface area contributed by atoms with E-state index in [1.165, 1.54) is 0 Å². The average molecular weight is 339 g/mol. The Balaban J connectivity index is 2.06. The Morgan fingerprint density at radius 2 is 2.00 bits per heavy atom. The molecule has 1 amide bonds. The van der Waals surface area contributed by atoms with Crippen LogP contribution in [0.1, 0.15) is 37.0 Å². The van der Waals surface area contributed by atoms with Gasteiger partial charge in [-0.25, -0.2) is 8.42 Å². The zero-order valence-electron chi connectivity index (χ0n) is 13.7. The Kier molecular flexibility index (Phi) is 5.64. The van der Waals surface area contributed by atoms with E-state index in [0.717, 1.165) is 6.42 Å². The van der Waals surface area contributed by atoms with Crippen LogP contribution in [0.2, 0.25) is 0 Å². The van der Waals surface area contributed by atoms with Crippen molar-refractivity contribution in [2.75, 3.05) is 23.6 Å². The highest BCUT2D eigenvalue weighted by molar-refractivity contribution is 7.92. The van der Waals surface area contributed by atoms with Gasteiger partial charge in [0.2, 0.25) is 10.0 Å². The molecule has 128 valence electrons. The molecule has 0 radical (unpaired) electrons. The van der Waals surface area contributed by atoms with Gasteiger partial charge in [-0.2, -0.15) is 0 Å². The molecule has 2 unspecified atom stereocenters. The number of carbonyl (C=O) groups is 1. The summed E-state index contributed by atoms with van der Waals surface area (Å²) in [5, 5.41) is 0. The summed E-state index contributed by atoms with van der Waals surface area (Å²) in [4.78, 5) is 14.4. The molecule has 1 heterocycles. The number of benzene rings is 1. The first-order valence-corrected chi connectivity index (χ1v) is 9.63. The van der Waals surface area contributed by atoms with Gasteiger partial charge in [-0.05, 0) is 56.5 Å². The summed E-state index contributed by atoms with van der Waals surface area (Å²) in [5.74, 6) is 0.407. The number of nitrogens with zero attached hydrogens (tertiary/aromatic N) is 1. The van der Waals surface area contributed by atoms with Crippen molar-refractivity contribution < 1.29 is 13.2 Å². The maximum Gasteiger partial charge on any atom is 0.254 e. The Morgan fingerprint density at radius 3 is 2.52 bits per heavy atom. The fourth-order valence-corrected chi connectivity index (χ4v) is 4.08. The molecule has 6 nitrogen and oxygen atoms in total. The van der Waals surface area contributed by atoms with E-state index in [-0.39, 0.29) is 17.7 Å². The van der Waals surface area contributed by atoms with Crippen LogP contribution >= 0.6 is 0 Å². The number of sulfonamides is 1. The monoisotopic (exact) mass is 339 g/mol. The fraction of sp³-hybridized carbons (Fsp3) is 0.562. The van der Waals surface area contributed by atoms with Gasteiger partial charge in [-0.15, -0.1) is 0 Å². The van der Waals surface area contributed by atoms with Gasteiger partial charge in [-0.1, -0.05) is 6.92 Å². The molecule has 2 rings (SSSR count). The smallest absolute Gasteiger partial charge is 0.254 e. The van der Waals surface area contributed by atoms with Crippen molar-refractivity contribution in [1.82, 2.24) is 4.90 Å². The summed E-state index contributed by atoms with van der Waals surface area (Å²) in [6, 6.07) is 6.76. The highest BCUT2D eigenvalue weighted by Gasteiger charge is 2.31. The molecule has 7 heteroatoms. The van der Waals surface area contributed by atoms with Gasteiger partial charge in [-0.3, -0.25) is 9.52 Å². The molecule has 1 aliphatic heterocycles. The van der Waals surface area contributed by atoms with Gasteiger partial charge < -0.3 is 10.6 Å². The number of carbonyl (C=O) groups excluding carboxylic acids is 1. The third-order valence-corrected chi connectivity index (χ3v) is 5.63. The predicted molar refractivity (Wildman–Crippen MR) is 91.8 cm³/mol. The Bertz CT molecular complexity index is 643. The van der Waals surface area contributed by atoms with Gasteiger partial charge in [0.15, 0.2) is 0 Å². The van der Waals surface area contributed by atoms with E-state index in [1.54, 1.807) is 24.3 Å². The topological polar surface area (TPSA) is 92.5 Å². The first-order valence-electron chi connectivity index (χ1n) is 7.98. The van der Waals surface area contributed by atoms with Gasteiger partial charge in [0.05, 0.1) is 5.75 Å². The molecule has 1 aliphatic rings. The number of anilines is 1. The second-order valence-corrected chi connectivity index (χ2v) is 7.98. The molecular weight excluding hydrogens is 314 g/mol. The number of hydrogen-bond acceptors (Lipinski definition) is 4. The molecule has 0 bridgehead atoms. The lowest BCUT2D eigenvalue weighted by atomic mass is 10.1. The molecule has 2 atom stereocenters. The summed E-state index contributed by atoms with van der Waals surface area (Å²) in [5.41, 5.74) is 6.74. The summed E-state index contributed by atoms with van der Waals surface area (Å²) in [6.45, 7) is 5.11. The highest BCUT2D eigenvalue weighted by Crippen LogP contribution is 2.24. The van der Waals surface area contributed by atoms with Crippen LogP contribution in [0.4, 0.5) is 5.69 Å². The lowest BCUT2D eigenvalue weighted by Gasteiger charge is -2.21. The Labute approximate surface area is 138 Å². The molecular formula is C16H25N3O3S. The fourth-order valence-electron chi connectivity index (χ4n) is 2.94. The molecule has 1 aromatic rings. The van der Waals surface area contributed by atoms with Crippen LogP contribution in [0.25, 0.3) is 0 Å². The molecule has 23 heavy (non-hydrogen) atoms. The number of nitrogens with two attached hydrogens (primary N) is 1. The molecule has 0 aliphatic carbocycles. The SMILES string of the molecule is CCCS(=O)(=O)Nc1ccc(C(=O)N2CC(CN)CC2C)cc1. The highest BCUT2D eigenvalue weighted by atomic mass is 32.2. The second-order valence-electron chi connectivity index (χ2n) is 6.14. The minimum Gasteiger partial charge on any atom is -0.336 e. The molecule has 1 fully saturated rings. The van der Waals surface area contributed by atoms with E-state index in [1.807, 2.05) is 18.7 Å². The minimum atomic E-state index is -3.31. The normalized spacial score (nSPS) is 21.4. The number of nitrogens with one attached hydrogen (secondary N) is 1. The molecule has 1 aromatic carbocycles. The van der Waals surface area contributed by atoms with Gasteiger partial charge in [0, 0.05) is 23.8 Å². The van der Waals surface area contributed by atoms with Crippen LogP contribution in [0, 0.1) is 5.92 Å². The maximum absolute atomic E-state index is 12.6. The van der Waals surface area contributed by atoms with Crippen molar-refractivity contribution in [2.24, 2.45) is 11.7 Å². The van der Waals surface area contributed by atoms with Crippen molar-refractivity contribution in [3.8, 4) is 0 Å². The van der Waals surface area contributed by atoms with Gasteiger partial charge in [0.1, 0.15) is 0 Å². The van der Waals surface area contributed by atoms with E-state index >= 15 is 0 Å². The minimum absolute atomic E-state index is 0.0311. The van der Waals surface area contributed by atoms with Crippen molar-refractivity contribution >= 4 is 21.6 Å². The van der Waals surface area contributed by atoms with Crippen molar-refractivity contribution in [3.63, 3.8) is 0 Å². The molecule has 0 saturated carbocycles. The van der Waals surface area contributed by atoms with Gasteiger partial charge in [0.25, 0.3) is 5.91 Å². The Morgan fingerprint density at radius 1 is 1.35 bits per heavy atom. The van der Waals surface area contributed by atoms with Crippen molar-refractivity contribution in [2.45, 2.75) is 32.7 Å². The van der Waals surface area contributed by atoms with Crippen LogP contribution in [0.15, 0.2) is 24.3 Å². The first kappa shape index (κ1) is 17.7. The number of hydrogen-bond donors (Lipinski definition) is 2. The zero-order valence-corrected chi connectivity index (χ0v) is 14.5. The number of likely N-dealkylation sites (tertiary alicyclic amines) is 1. The largest absolute Gasteiger partial charge is 0.336 e. The summed E-state index contributed by atoms with van der Waals surface area (Å²) in [6.07, 6.45) is 1.48. The summed E-state index contributed by atoms with van der Waals surface area (Å²) >= 11 is 0. The molecule has 0 spiro atoms. The quantitative estimate of drug-likeness (QED) is 0.824. The van der Waals surface area contributed by atoms with Crippen LogP contribution in [0.5, 0.6) is 0 Å². The lowest BCUT2D eigenvalue weighted by molar-refractivity contribution is 0.0743. The van der Waals surface area contributed by atoms with Crippen LogP contribution in [-0.4, -0.2) is 44.1 Å². The van der Waals surface area contributed by atoms with Crippen molar-refractivity contribution in [1.29, 1.82) is 0 Å². The molecule has 1 saturated heterocycles. The zero-order chi connectivity index (χ0) is 17.0. The Hall–Kier alpha value is -1.60. The molecule has 3 N–H and O–H groups in total. The average Bonchev–Trinajstić information content (AvgIpc) is 2.88. The van der Waals surface area contributed by atoms with E-state index in [2.05, 4.69) is 4.72 Å². The van der Waals surface area contributed by atoms with Crippen LogP contribution < -0.4 is 10.5 Å². The summed E-state index contributed by atoms with van der Waals surface area (Å²) in [7, 11) is -3.31. The number of rotatable bonds is 6. The van der Waals surface area contributed by atoms with E-state index in [9.17, 15) is 13.2 Å².